The number of pyridine rings is 1. The highest BCUT2D eigenvalue weighted by Crippen LogP contribution is 2.43. The molecule has 0 saturated heterocycles. The number of hydrogen-bond donors (Lipinski definition) is 0. The molecule has 0 amide bonds. The molecule has 3 heteroatoms. The first-order chi connectivity index (χ1) is 11.5. The molecule has 3 nitrogen and oxygen atoms in total. The van der Waals surface area contributed by atoms with Gasteiger partial charge in [0.1, 0.15) is 17.9 Å². The van der Waals surface area contributed by atoms with Gasteiger partial charge in [0.25, 0.3) is 0 Å². The molecule has 1 aromatic carbocycles. The number of nitrogens with zero attached hydrogens (tertiary/aromatic N) is 2. The van der Waals surface area contributed by atoms with E-state index in [2.05, 4.69) is 55.7 Å². The van der Waals surface area contributed by atoms with E-state index in [4.69, 9.17) is 9.72 Å². The molecule has 0 spiro atoms. The lowest BCUT2D eigenvalue weighted by atomic mass is 10.1. The predicted molar refractivity (Wildman–Crippen MR) is 97.7 cm³/mol. The number of aromatic nitrogens is 2. The molecule has 1 fully saturated rings. The first-order valence-corrected chi connectivity index (χ1v) is 8.71. The van der Waals surface area contributed by atoms with Gasteiger partial charge in [-0.1, -0.05) is 29.8 Å². The van der Waals surface area contributed by atoms with Crippen molar-refractivity contribution >= 4 is 11.0 Å². The zero-order valence-corrected chi connectivity index (χ0v) is 14.9. The predicted octanol–water partition coefficient (Wildman–Crippen LogP) is 5.18. The average Bonchev–Trinajstić information content (AvgIpc) is 3.35. The van der Waals surface area contributed by atoms with Gasteiger partial charge in [0, 0.05) is 23.5 Å². The molecule has 2 aromatic heterocycles. The molecular formula is C21H24N2O. The van der Waals surface area contributed by atoms with Crippen molar-refractivity contribution in [2.45, 2.75) is 53.2 Å². The monoisotopic (exact) mass is 320 g/mol. The van der Waals surface area contributed by atoms with Gasteiger partial charge < -0.3 is 9.30 Å². The lowest BCUT2D eigenvalue weighted by Gasteiger charge is -2.13. The molecule has 3 aromatic rings. The zero-order chi connectivity index (χ0) is 16.8. The summed E-state index contributed by atoms with van der Waals surface area (Å²) in [7, 11) is 0. The lowest BCUT2D eigenvalue weighted by molar-refractivity contribution is 0.308. The largest absolute Gasteiger partial charge is 0.487 e. The quantitative estimate of drug-likeness (QED) is 0.662. The Balaban J connectivity index is 1.78. The van der Waals surface area contributed by atoms with Crippen molar-refractivity contribution in [3.05, 3.63) is 58.4 Å². The van der Waals surface area contributed by atoms with Crippen LogP contribution in [-0.4, -0.2) is 9.55 Å². The van der Waals surface area contributed by atoms with Gasteiger partial charge in [-0.05, 0) is 51.7 Å². The molecule has 24 heavy (non-hydrogen) atoms. The maximum absolute atomic E-state index is 6.27. The van der Waals surface area contributed by atoms with Gasteiger partial charge >= 0.3 is 0 Å². The van der Waals surface area contributed by atoms with E-state index in [1.807, 2.05) is 6.92 Å². The van der Waals surface area contributed by atoms with E-state index in [0.29, 0.717) is 12.6 Å². The normalized spacial score (nSPS) is 14.3. The van der Waals surface area contributed by atoms with Crippen LogP contribution in [-0.2, 0) is 6.61 Å². The summed E-state index contributed by atoms with van der Waals surface area (Å²) >= 11 is 0. The van der Waals surface area contributed by atoms with E-state index in [1.54, 1.807) is 0 Å². The van der Waals surface area contributed by atoms with E-state index >= 15 is 0 Å². The standard InChI is InChI=1S/C21H24N2O/c1-13-6-5-7-17(10-13)12-24-19-11-14(2)22-20-15(3)16(4)23(21(19)20)18-8-9-18/h5-7,10-11,18H,8-9,12H2,1-4H3. The molecule has 0 unspecified atom stereocenters. The van der Waals surface area contributed by atoms with Crippen LogP contribution in [0.5, 0.6) is 5.75 Å². The molecule has 124 valence electrons. The Kier molecular flexibility index (Phi) is 3.60. The minimum atomic E-state index is 0.591. The molecule has 0 N–H and O–H groups in total. The van der Waals surface area contributed by atoms with Crippen molar-refractivity contribution < 1.29 is 4.74 Å². The van der Waals surface area contributed by atoms with E-state index in [-0.39, 0.29) is 0 Å². The second-order valence-electron chi connectivity index (χ2n) is 7.05. The van der Waals surface area contributed by atoms with Gasteiger partial charge in [-0.15, -0.1) is 0 Å². The summed E-state index contributed by atoms with van der Waals surface area (Å²) in [5.74, 6) is 0.960. The molecule has 0 radical (unpaired) electrons. The van der Waals surface area contributed by atoms with Gasteiger partial charge in [-0.25, -0.2) is 0 Å². The lowest BCUT2D eigenvalue weighted by Crippen LogP contribution is -2.02. The molecule has 2 heterocycles. The number of benzene rings is 1. The summed E-state index contributed by atoms with van der Waals surface area (Å²) in [5, 5.41) is 0. The minimum Gasteiger partial charge on any atom is -0.487 e. The van der Waals surface area contributed by atoms with Crippen molar-refractivity contribution in [2.24, 2.45) is 0 Å². The molecule has 1 aliphatic carbocycles. The number of fused-ring (bicyclic) bond motifs is 1. The van der Waals surface area contributed by atoms with E-state index in [9.17, 15) is 0 Å². The summed E-state index contributed by atoms with van der Waals surface area (Å²) in [6.45, 7) is 9.13. The Morgan fingerprint density at radius 2 is 1.92 bits per heavy atom. The summed E-state index contributed by atoms with van der Waals surface area (Å²) in [5.41, 5.74) is 8.35. The summed E-state index contributed by atoms with van der Waals surface area (Å²) < 4.78 is 8.71. The van der Waals surface area contributed by atoms with Crippen molar-refractivity contribution in [3.8, 4) is 5.75 Å². The highest BCUT2D eigenvalue weighted by molar-refractivity contribution is 5.87. The van der Waals surface area contributed by atoms with Gasteiger partial charge in [0.2, 0.25) is 0 Å². The Labute approximate surface area is 143 Å². The summed E-state index contributed by atoms with van der Waals surface area (Å²) in [6.07, 6.45) is 2.52. The second-order valence-corrected chi connectivity index (χ2v) is 7.05. The third-order valence-corrected chi connectivity index (χ3v) is 4.97. The Morgan fingerprint density at radius 3 is 2.62 bits per heavy atom. The van der Waals surface area contributed by atoms with Crippen LogP contribution < -0.4 is 4.74 Å². The maximum atomic E-state index is 6.27. The molecule has 0 atom stereocenters. The van der Waals surface area contributed by atoms with Crippen LogP contribution in [0.15, 0.2) is 30.3 Å². The van der Waals surface area contributed by atoms with Crippen molar-refractivity contribution in [1.29, 1.82) is 0 Å². The Hall–Kier alpha value is -2.29. The number of rotatable bonds is 4. The topological polar surface area (TPSA) is 27.1 Å². The van der Waals surface area contributed by atoms with Crippen LogP contribution in [0.3, 0.4) is 0 Å². The first kappa shape index (κ1) is 15.3. The molecule has 0 bridgehead atoms. The maximum Gasteiger partial charge on any atom is 0.147 e. The van der Waals surface area contributed by atoms with Crippen LogP contribution in [0.2, 0.25) is 0 Å². The van der Waals surface area contributed by atoms with E-state index < -0.39 is 0 Å². The SMILES string of the molecule is Cc1cccc(COc2cc(C)nc3c(C)c(C)n(C4CC4)c23)c1. The Morgan fingerprint density at radius 1 is 1.12 bits per heavy atom. The third kappa shape index (κ3) is 2.58. The fourth-order valence-corrected chi connectivity index (χ4v) is 3.51. The fourth-order valence-electron chi connectivity index (χ4n) is 3.51. The molecule has 1 aliphatic rings. The van der Waals surface area contributed by atoms with Crippen LogP contribution in [0.1, 0.15) is 47.0 Å². The number of ether oxygens (including phenoxy) is 1. The van der Waals surface area contributed by atoms with Crippen molar-refractivity contribution in [1.82, 2.24) is 9.55 Å². The highest BCUT2D eigenvalue weighted by Gasteiger charge is 2.29. The first-order valence-electron chi connectivity index (χ1n) is 8.71. The van der Waals surface area contributed by atoms with Crippen LogP contribution in [0.25, 0.3) is 11.0 Å². The molecule has 1 saturated carbocycles. The van der Waals surface area contributed by atoms with Gasteiger partial charge in [0.05, 0.1) is 5.52 Å². The van der Waals surface area contributed by atoms with Gasteiger partial charge in [0.15, 0.2) is 0 Å². The highest BCUT2D eigenvalue weighted by atomic mass is 16.5. The summed E-state index contributed by atoms with van der Waals surface area (Å²) in [6, 6.07) is 11.2. The van der Waals surface area contributed by atoms with Crippen molar-refractivity contribution in [2.75, 3.05) is 0 Å². The summed E-state index contributed by atoms with van der Waals surface area (Å²) in [4.78, 5) is 4.80. The van der Waals surface area contributed by atoms with Gasteiger partial charge in [-0.3, -0.25) is 4.98 Å². The third-order valence-electron chi connectivity index (χ3n) is 4.97. The van der Waals surface area contributed by atoms with E-state index in [1.165, 1.54) is 40.7 Å². The van der Waals surface area contributed by atoms with Crippen LogP contribution >= 0.6 is 0 Å². The molecule has 0 aliphatic heterocycles. The van der Waals surface area contributed by atoms with Crippen molar-refractivity contribution in [3.63, 3.8) is 0 Å². The Bertz CT molecular complexity index is 919. The van der Waals surface area contributed by atoms with E-state index in [0.717, 1.165) is 17.0 Å². The minimum absolute atomic E-state index is 0.591. The smallest absolute Gasteiger partial charge is 0.147 e. The fraction of sp³-hybridized carbons (Fsp3) is 0.381. The van der Waals surface area contributed by atoms with Crippen LogP contribution in [0, 0.1) is 27.7 Å². The number of hydrogen-bond acceptors (Lipinski definition) is 2. The zero-order valence-electron chi connectivity index (χ0n) is 14.9. The number of aryl methyl sites for hydroxylation is 3. The molecule has 4 rings (SSSR count). The molecular weight excluding hydrogens is 296 g/mol. The van der Waals surface area contributed by atoms with Gasteiger partial charge in [-0.2, -0.15) is 0 Å². The van der Waals surface area contributed by atoms with Crippen LogP contribution in [0.4, 0.5) is 0 Å². The average molecular weight is 320 g/mol. The second kappa shape index (κ2) is 5.66.